The first-order valence-corrected chi connectivity index (χ1v) is 8.56. The first kappa shape index (κ1) is 15.5. The zero-order valence-corrected chi connectivity index (χ0v) is 13.7. The smallest absolute Gasteiger partial charge is 0.273 e. The van der Waals surface area contributed by atoms with Crippen molar-refractivity contribution in [2.45, 2.75) is 58.4 Å². The third kappa shape index (κ3) is 2.89. The van der Waals surface area contributed by atoms with Crippen molar-refractivity contribution in [3.8, 4) is 0 Å². The van der Waals surface area contributed by atoms with Crippen molar-refractivity contribution >= 4 is 5.91 Å². The predicted octanol–water partition coefficient (Wildman–Crippen LogP) is 1.82. The second kappa shape index (κ2) is 6.36. The number of hydrogen-bond acceptors (Lipinski definition) is 4. The van der Waals surface area contributed by atoms with Crippen LogP contribution in [-0.2, 0) is 0 Å². The van der Waals surface area contributed by atoms with E-state index in [1.807, 2.05) is 11.6 Å². The van der Waals surface area contributed by atoms with Gasteiger partial charge >= 0.3 is 0 Å². The second-order valence-electron chi connectivity index (χ2n) is 6.84. The summed E-state index contributed by atoms with van der Waals surface area (Å²) >= 11 is 0. The van der Waals surface area contributed by atoms with Gasteiger partial charge in [0.2, 0.25) is 0 Å². The van der Waals surface area contributed by atoms with E-state index in [2.05, 4.69) is 27.9 Å². The molecule has 1 aromatic rings. The van der Waals surface area contributed by atoms with E-state index < -0.39 is 0 Å². The van der Waals surface area contributed by atoms with Gasteiger partial charge in [0.25, 0.3) is 5.91 Å². The van der Waals surface area contributed by atoms with Crippen LogP contribution in [0, 0.1) is 12.3 Å². The maximum absolute atomic E-state index is 12.4. The molecule has 0 atom stereocenters. The van der Waals surface area contributed by atoms with Crippen molar-refractivity contribution in [2.24, 2.45) is 5.41 Å². The predicted molar refractivity (Wildman–Crippen MR) is 84.8 cm³/mol. The quantitative estimate of drug-likeness (QED) is 0.870. The van der Waals surface area contributed by atoms with Gasteiger partial charge in [-0.25, -0.2) is 4.68 Å². The summed E-state index contributed by atoms with van der Waals surface area (Å²) in [6.45, 7) is 6.94. The van der Waals surface area contributed by atoms with Gasteiger partial charge in [-0.3, -0.25) is 4.79 Å². The van der Waals surface area contributed by atoms with Crippen molar-refractivity contribution in [2.75, 3.05) is 19.6 Å². The molecule has 0 aromatic carbocycles. The number of rotatable bonds is 5. The summed E-state index contributed by atoms with van der Waals surface area (Å²) in [5.41, 5.74) is 1.71. The summed E-state index contributed by atoms with van der Waals surface area (Å²) in [6, 6.07) is 0.365. The average Bonchev–Trinajstić information content (AvgIpc) is 2.89. The van der Waals surface area contributed by atoms with E-state index in [4.69, 9.17) is 0 Å². The molecule has 1 aliphatic heterocycles. The maximum atomic E-state index is 12.4. The summed E-state index contributed by atoms with van der Waals surface area (Å²) in [5.74, 6) is -0.0718. The number of nitrogens with one attached hydrogen (secondary N) is 2. The summed E-state index contributed by atoms with van der Waals surface area (Å²) in [5, 5.41) is 14.8. The van der Waals surface area contributed by atoms with Crippen LogP contribution in [0.2, 0.25) is 0 Å². The van der Waals surface area contributed by atoms with Gasteiger partial charge in [0.1, 0.15) is 0 Å². The first-order valence-electron chi connectivity index (χ1n) is 8.56. The summed E-state index contributed by atoms with van der Waals surface area (Å²) in [4.78, 5) is 12.4. The van der Waals surface area contributed by atoms with Crippen LogP contribution in [0.1, 0.15) is 67.7 Å². The number of hydrogen-bond donors (Lipinski definition) is 2. The molecule has 0 unspecified atom stereocenters. The van der Waals surface area contributed by atoms with E-state index >= 15 is 0 Å². The highest BCUT2D eigenvalue weighted by atomic mass is 16.2. The van der Waals surface area contributed by atoms with Crippen LogP contribution < -0.4 is 10.6 Å². The van der Waals surface area contributed by atoms with Crippen molar-refractivity contribution in [1.29, 1.82) is 0 Å². The Kier molecular flexibility index (Phi) is 4.47. The Bertz CT molecular complexity index is 523. The fourth-order valence-electron chi connectivity index (χ4n) is 3.63. The average molecular weight is 305 g/mol. The van der Waals surface area contributed by atoms with Gasteiger partial charge < -0.3 is 10.6 Å². The molecule has 2 heterocycles. The van der Waals surface area contributed by atoms with Crippen LogP contribution in [0.15, 0.2) is 0 Å². The molecule has 6 nitrogen and oxygen atoms in total. The number of piperidine rings is 1. The zero-order chi connectivity index (χ0) is 15.6. The lowest BCUT2D eigenvalue weighted by atomic mass is 9.67. The van der Waals surface area contributed by atoms with Gasteiger partial charge in [-0.2, -0.15) is 0 Å². The highest BCUT2D eigenvalue weighted by molar-refractivity contribution is 5.93. The maximum Gasteiger partial charge on any atom is 0.273 e. The molecule has 1 amide bonds. The lowest BCUT2D eigenvalue weighted by molar-refractivity contribution is 0.0845. The van der Waals surface area contributed by atoms with Gasteiger partial charge in [-0.15, -0.1) is 5.10 Å². The minimum atomic E-state index is -0.0718. The number of aromatic nitrogens is 3. The van der Waals surface area contributed by atoms with E-state index in [-0.39, 0.29) is 5.91 Å². The second-order valence-corrected chi connectivity index (χ2v) is 6.84. The molecule has 1 saturated carbocycles. The van der Waals surface area contributed by atoms with Crippen LogP contribution in [0.3, 0.4) is 0 Å². The molecule has 1 aromatic heterocycles. The van der Waals surface area contributed by atoms with Crippen molar-refractivity contribution in [3.05, 3.63) is 11.4 Å². The van der Waals surface area contributed by atoms with E-state index in [1.54, 1.807) is 0 Å². The molecule has 22 heavy (non-hydrogen) atoms. The van der Waals surface area contributed by atoms with Gasteiger partial charge in [0.15, 0.2) is 5.69 Å². The largest absolute Gasteiger partial charge is 0.350 e. The molecular weight excluding hydrogens is 278 g/mol. The molecule has 2 fully saturated rings. The number of amides is 1. The Morgan fingerprint density at radius 1 is 1.41 bits per heavy atom. The fourth-order valence-corrected chi connectivity index (χ4v) is 3.63. The molecule has 0 bridgehead atoms. The van der Waals surface area contributed by atoms with Crippen molar-refractivity contribution in [1.82, 2.24) is 25.6 Å². The summed E-state index contributed by atoms with van der Waals surface area (Å²) < 4.78 is 1.94. The Morgan fingerprint density at radius 3 is 2.73 bits per heavy atom. The van der Waals surface area contributed by atoms with Crippen molar-refractivity contribution < 1.29 is 4.79 Å². The number of nitrogens with zero attached hydrogens (tertiary/aromatic N) is 3. The first-order chi connectivity index (χ1) is 10.7. The molecular formula is C16H27N5O. The van der Waals surface area contributed by atoms with Crippen LogP contribution in [0.4, 0.5) is 0 Å². The minimum absolute atomic E-state index is 0.0718. The molecule has 6 heteroatoms. The molecule has 2 aliphatic rings. The molecule has 0 spiro atoms. The third-order valence-electron chi connectivity index (χ3n) is 5.59. The van der Waals surface area contributed by atoms with Gasteiger partial charge in [0, 0.05) is 6.54 Å². The highest BCUT2D eigenvalue weighted by Gasteiger charge is 2.35. The normalized spacial score (nSPS) is 21.4. The van der Waals surface area contributed by atoms with E-state index in [0.29, 0.717) is 17.2 Å². The fraction of sp³-hybridized carbons (Fsp3) is 0.812. The highest BCUT2D eigenvalue weighted by Crippen LogP contribution is 2.43. The van der Waals surface area contributed by atoms with E-state index in [9.17, 15) is 4.79 Å². The molecule has 0 radical (unpaired) electrons. The lowest BCUT2D eigenvalue weighted by Crippen LogP contribution is -2.42. The van der Waals surface area contributed by atoms with E-state index in [0.717, 1.165) is 44.6 Å². The molecule has 122 valence electrons. The van der Waals surface area contributed by atoms with Crippen LogP contribution >= 0.6 is 0 Å². The Hall–Kier alpha value is -1.43. The SMILES string of the molecule is CCC1(CNC(=O)c2nnn(C3CCNCC3)c2C)CCC1. The molecule has 3 rings (SSSR count). The molecule has 2 N–H and O–H groups in total. The summed E-state index contributed by atoms with van der Waals surface area (Å²) in [7, 11) is 0. The number of carbonyl (C=O) groups is 1. The monoisotopic (exact) mass is 305 g/mol. The lowest BCUT2D eigenvalue weighted by Gasteiger charge is -2.41. The van der Waals surface area contributed by atoms with Crippen LogP contribution in [-0.4, -0.2) is 40.5 Å². The Labute approximate surface area is 132 Å². The Balaban J connectivity index is 1.64. The zero-order valence-electron chi connectivity index (χ0n) is 13.7. The topological polar surface area (TPSA) is 71.8 Å². The summed E-state index contributed by atoms with van der Waals surface area (Å²) in [6.07, 6.45) is 6.96. The minimum Gasteiger partial charge on any atom is -0.350 e. The third-order valence-corrected chi connectivity index (χ3v) is 5.59. The van der Waals surface area contributed by atoms with Gasteiger partial charge in [-0.1, -0.05) is 18.6 Å². The Morgan fingerprint density at radius 2 is 2.14 bits per heavy atom. The van der Waals surface area contributed by atoms with Gasteiger partial charge in [0.05, 0.1) is 11.7 Å². The van der Waals surface area contributed by atoms with Crippen LogP contribution in [0.5, 0.6) is 0 Å². The van der Waals surface area contributed by atoms with Crippen LogP contribution in [0.25, 0.3) is 0 Å². The van der Waals surface area contributed by atoms with Gasteiger partial charge in [-0.05, 0) is 57.5 Å². The molecule has 1 saturated heterocycles. The number of carbonyl (C=O) groups excluding carboxylic acids is 1. The van der Waals surface area contributed by atoms with E-state index in [1.165, 1.54) is 19.3 Å². The van der Waals surface area contributed by atoms with Crippen molar-refractivity contribution in [3.63, 3.8) is 0 Å². The molecule has 1 aliphatic carbocycles. The standard InChI is InChI=1S/C16H27N5O/c1-3-16(7-4-8-16)11-18-15(22)14-12(2)21(20-19-14)13-5-9-17-10-6-13/h13,17H,3-11H2,1-2H3,(H,18,22).